The van der Waals surface area contributed by atoms with Gasteiger partial charge in [0.05, 0.1) is 18.8 Å². The zero-order chi connectivity index (χ0) is 25.8. The van der Waals surface area contributed by atoms with Crippen LogP contribution in [0.25, 0.3) is 0 Å². The van der Waals surface area contributed by atoms with E-state index >= 15 is 0 Å². The Kier molecular flexibility index (Phi) is 9.61. The highest BCUT2D eigenvalue weighted by Gasteiger charge is 2.44. The van der Waals surface area contributed by atoms with E-state index in [0.717, 1.165) is 11.1 Å². The van der Waals surface area contributed by atoms with Crippen LogP contribution in [0.4, 0.5) is 4.79 Å². The van der Waals surface area contributed by atoms with E-state index in [9.17, 15) is 15.0 Å². The molecule has 1 aromatic rings. The van der Waals surface area contributed by atoms with Gasteiger partial charge in [-0.2, -0.15) is 0 Å². The number of rotatable bonds is 7. The Morgan fingerprint density at radius 2 is 1.67 bits per heavy atom. The Morgan fingerprint density at radius 3 is 2.09 bits per heavy atom. The van der Waals surface area contributed by atoms with E-state index in [1.807, 2.05) is 45.0 Å². The molecule has 186 valence electrons. The molecule has 0 aliphatic heterocycles. The highest BCUT2D eigenvalue weighted by Crippen LogP contribution is 2.38. The Morgan fingerprint density at radius 1 is 1.09 bits per heavy atom. The first-order valence-corrected chi connectivity index (χ1v) is 18.1. The molecule has 0 spiro atoms. The second kappa shape index (κ2) is 10.8. The topological polar surface area (TPSA) is 70.0 Å². The molecule has 0 bridgehead atoms. The summed E-state index contributed by atoms with van der Waals surface area (Å²) in [6.07, 6.45) is -1.20. The van der Waals surface area contributed by atoms with Crippen molar-refractivity contribution in [2.75, 3.05) is 6.61 Å². The minimum Gasteiger partial charge on any atom is -0.465 e. The lowest BCUT2D eigenvalue weighted by molar-refractivity contribution is -0.00930. The van der Waals surface area contributed by atoms with Gasteiger partial charge in [0.1, 0.15) is 8.07 Å². The fourth-order valence-corrected chi connectivity index (χ4v) is 5.25. The summed E-state index contributed by atoms with van der Waals surface area (Å²) in [7, 11) is -3.76. The molecule has 7 heteroatoms. The maximum atomic E-state index is 12.4. The summed E-state index contributed by atoms with van der Waals surface area (Å²) >= 11 is 0. The molecule has 0 aliphatic rings. The average Bonchev–Trinajstić information content (AvgIpc) is 2.61. The van der Waals surface area contributed by atoms with Crippen LogP contribution < -0.4 is 0 Å². The normalized spacial score (nSPS) is 14.8. The molecule has 0 aliphatic carbocycles. The monoisotopic (exact) mass is 491 g/mol. The highest BCUT2D eigenvalue weighted by atomic mass is 28.4. The zero-order valence-corrected chi connectivity index (χ0v) is 24.5. The summed E-state index contributed by atoms with van der Waals surface area (Å²) in [5.74, 6) is 3.29. The lowest BCUT2D eigenvalue weighted by atomic mass is 9.94. The third-order valence-electron chi connectivity index (χ3n) is 6.08. The third-order valence-corrected chi connectivity index (χ3v) is 11.5. The van der Waals surface area contributed by atoms with Crippen molar-refractivity contribution in [3.05, 3.63) is 35.4 Å². The first-order chi connectivity index (χ1) is 14.8. The Hall–Kier alpha value is -1.60. The number of amides is 1. The van der Waals surface area contributed by atoms with Crippen LogP contribution in [0.3, 0.4) is 0 Å². The molecule has 0 saturated heterocycles. The van der Waals surface area contributed by atoms with E-state index in [1.54, 1.807) is 0 Å². The number of carboxylic acid groups (broad SMARTS) is 1. The molecule has 1 unspecified atom stereocenters. The molecule has 2 N–H and O–H groups in total. The van der Waals surface area contributed by atoms with Gasteiger partial charge in [0.15, 0.2) is 8.32 Å². The van der Waals surface area contributed by atoms with Crippen molar-refractivity contribution in [1.29, 1.82) is 0 Å². The van der Waals surface area contributed by atoms with Crippen molar-refractivity contribution in [2.24, 2.45) is 0 Å². The van der Waals surface area contributed by atoms with Crippen LogP contribution in [0.2, 0.25) is 37.8 Å². The van der Waals surface area contributed by atoms with Gasteiger partial charge in [0.25, 0.3) is 0 Å². The Labute approximate surface area is 203 Å². The van der Waals surface area contributed by atoms with E-state index in [-0.39, 0.29) is 11.6 Å². The van der Waals surface area contributed by atoms with Crippen LogP contribution in [-0.2, 0) is 10.8 Å². The van der Waals surface area contributed by atoms with Crippen molar-refractivity contribution >= 4 is 22.5 Å². The first kappa shape index (κ1) is 29.4. The zero-order valence-electron chi connectivity index (χ0n) is 22.5. The standard InChI is InChI=1S/C26H45NO4Si2/c1-25(2,3)27(24(29)30)22(23(19-28)31-33(10,11)26(4,5)6)18-21-14-12-13-20(17-21)15-16-32(7,8)9/h12-14,17,22-23,28H,18-19H2,1-11H3,(H,29,30)/t22?,23-/m1/s1. The van der Waals surface area contributed by atoms with Gasteiger partial charge in [-0.3, -0.25) is 4.90 Å². The summed E-state index contributed by atoms with van der Waals surface area (Å²) in [4.78, 5) is 13.9. The fourth-order valence-electron chi connectivity index (χ4n) is 3.39. The van der Waals surface area contributed by atoms with E-state index in [4.69, 9.17) is 4.43 Å². The molecular weight excluding hydrogens is 446 g/mol. The van der Waals surface area contributed by atoms with Crippen LogP contribution in [-0.4, -0.2) is 61.9 Å². The van der Waals surface area contributed by atoms with Crippen LogP contribution in [0, 0.1) is 11.5 Å². The second-order valence-electron chi connectivity index (χ2n) is 12.4. The molecule has 33 heavy (non-hydrogen) atoms. The number of hydrogen-bond donors (Lipinski definition) is 2. The van der Waals surface area contributed by atoms with Crippen LogP contribution in [0.1, 0.15) is 52.7 Å². The molecule has 1 aromatic carbocycles. The predicted octanol–water partition coefficient (Wildman–Crippen LogP) is 5.99. The van der Waals surface area contributed by atoms with Gasteiger partial charge in [-0.05, 0) is 63.0 Å². The van der Waals surface area contributed by atoms with E-state index < -0.39 is 40.2 Å². The molecule has 0 fully saturated rings. The lowest BCUT2D eigenvalue weighted by Gasteiger charge is -2.46. The summed E-state index contributed by atoms with van der Waals surface area (Å²) in [6, 6.07) is 7.44. The maximum Gasteiger partial charge on any atom is 0.408 e. The van der Waals surface area contributed by atoms with Crippen LogP contribution in [0.5, 0.6) is 0 Å². The molecule has 1 rings (SSSR count). The van der Waals surface area contributed by atoms with E-state index in [1.165, 1.54) is 4.90 Å². The predicted molar refractivity (Wildman–Crippen MR) is 143 cm³/mol. The number of carbonyl (C=O) groups is 1. The van der Waals surface area contributed by atoms with Crippen molar-refractivity contribution in [3.63, 3.8) is 0 Å². The van der Waals surface area contributed by atoms with E-state index in [2.05, 4.69) is 65.0 Å². The molecule has 0 radical (unpaired) electrons. The van der Waals surface area contributed by atoms with Gasteiger partial charge < -0.3 is 14.6 Å². The average molecular weight is 492 g/mol. The smallest absolute Gasteiger partial charge is 0.408 e. The molecule has 2 atom stereocenters. The summed E-state index contributed by atoms with van der Waals surface area (Å²) in [5.41, 5.74) is 4.64. The lowest BCUT2D eigenvalue weighted by Crippen LogP contribution is -2.60. The maximum absolute atomic E-state index is 12.4. The van der Waals surface area contributed by atoms with Gasteiger partial charge in [0.2, 0.25) is 0 Å². The minimum absolute atomic E-state index is 0.0624. The van der Waals surface area contributed by atoms with Gasteiger partial charge in [-0.25, -0.2) is 4.79 Å². The summed E-state index contributed by atoms with van der Waals surface area (Å²) < 4.78 is 6.60. The number of hydrogen-bond acceptors (Lipinski definition) is 3. The molecule has 0 heterocycles. The highest BCUT2D eigenvalue weighted by molar-refractivity contribution is 6.83. The minimum atomic E-state index is -2.25. The van der Waals surface area contributed by atoms with Gasteiger partial charge in [-0.1, -0.05) is 58.5 Å². The van der Waals surface area contributed by atoms with E-state index in [0.29, 0.717) is 6.42 Å². The van der Waals surface area contributed by atoms with Crippen molar-refractivity contribution in [2.45, 2.75) is 103 Å². The van der Waals surface area contributed by atoms with Crippen molar-refractivity contribution < 1.29 is 19.4 Å². The largest absolute Gasteiger partial charge is 0.465 e. The molecule has 1 amide bonds. The first-order valence-electron chi connectivity index (χ1n) is 11.7. The van der Waals surface area contributed by atoms with Crippen molar-refractivity contribution in [3.8, 4) is 11.5 Å². The fraction of sp³-hybridized carbons (Fsp3) is 0.654. The number of aliphatic hydroxyl groups excluding tert-OH is 1. The molecule has 0 aromatic heterocycles. The SMILES string of the molecule is CC(C)(C)N(C(=O)O)C(Cc1cccc(C#C[Si](C)(C)C)c1)[C@@H](CO)O[Si](C)(C)C(C)(C)C. The quantitative estimate of drug-likeness (QED) is 0.363. The number of benzene rings is 1. The van der Waals surface area contributed by atoms with Crippen LogP contribution in [0.15, 0.2) is 24.3 Å². The third kappa shape index (κ3) is 8.93. The Balaban J connectivity index is 3.48. The second-order valence-corrected chi connectivity index (χ2v) is 21.9. The molecule has 5 nitrogen and oxygen atoms in total. The molecule has 0 saturated carbocycles. The summed E-state index contributed by atoms with van der Waals surface area (Å²) in [6.45, 7) is 22.7. The van der Waals surface area contributed by atoms with Gasteiger partial charge in [-0.15, -0.1) is 5.54 Å². The van der Waals surface area contributed by atoms with Crippen molar-refractivity contribution in [1.82, 2.24) is 4.90 Å². The Bertz CT molecular complexity index is 867. The number of nitrogens with zero attached hydrogens (tertiary/aromatic N) is 1. The van der Waals surface area contributed by atoms with Gasteiger partial charge >= 0.3 is 6.09 Å². The summed E-state index contributed by atoms with van der Waals surface area (Å²) in [5, 5.41) is 20.5. The van der Waals surface area contributed by atoms with Crippen LogP contribution >= 0.6 is 0 Å². The molecular formula is C26H45NO4Si2. The van der Waals surface area contributed by atoms with Gasteiger partial charge in [0, 0.05) is 11.1 Å². The number of aliphatic hydroxyl groups is 1.